The maximum absolute atomic E-state index is 12.4. The molecule has 0 aromatic heterocycles. The number of hydrogen-bond acceptors (Lipinski definition) is 6. The van der Waals surface area contributed by atoms with Gasteiger partial charge in [-0.3, -0.25) is 5.32 Å². The highest BCUT2D eigenvalue weighted by atomic mass is 79.9. The molecule has 9 heteroatoms. The lowest BCUT2D eigenvalue weighted by molar-refractivity contribution is -0.131. The zero-order chi connectivity index (χ0) is 21.4. The smallest absolute Gasteiger partial charge is 0.412 e. The van der Waals surface area contributed by atoms with Crippen molar-refractivity contribution in [2.75, 3.05) is 19.5 Å². The molecule has 0 saturated carbocycles. The lowest BCUT2D eigenvalue weighted by atomic mass is 10.0. The fraction of sp³-hybridized carbons (Fsp3) is 0.200. The molecule has 0 unspecified atom stereocenters. The summed E-state index contributed by atoms with van der Waals surface area (Å²) in [6.07, 6.45) is -0.599. The number of carboxylic acid groups (broad SMARTS) is 1. The predicted octanol–water partition coefficient (Wildman–Crippen LogP) is 4.11. The van der Waals surface area contributed by atoms with Crippen LogP contribution in [0.4, 0.5) is 10.5 Å². The Hall–Kier alpha value is -3.04. The molecule has 0 fully saturated rings. The summed E-state index contributed by atoms with van der Waals surface area (Å²) in [5.74, 6) is -1.10. The third-order valence-electron chi connectivity index (χ3n) is 3.86. The summed E-state index contributed by atoms with van der Waals surface area (Å²) in [5.41, 5.74) is 0.890. The number of rotatable bonds is 8. The van der Waals surface area contributed by atoms with Gasteiger partial charge in [-0.1, -0.05) is 22.0 Å². The van der Waals surface area contributed by atoms with E-state index in [-0.39, 0.29) is 11.5 Å². The Labute approximate surface area is 175 Å². The maximum atomic E-state index is 12.4. The highest BCUT2D eigenvalue weighted by molar-refractivity contribution is 9.10. The van der Waals surface area contributed by atoms with E-state index in [1.807, 2.05) is 0 Å². The SMILES string of the molecule is COc1ccc([C@@H](OC(=O)Nc2ccc(Br)cc2)[C@@H](/C=C/C(=O)O)OC)cc1O. The van der Waals surface area contributed by atoms with Crippen LogP contribution in [-0.4, -0.2) is 42.6 Å². The minimum Gasteiger partial charge on any atom is -0.504 e. The molecule has 2 aromatic carbocycles. The van der Waals surface area contributed by atoms with Gasteiger partial charge in [-0.05, 0) is 48.0 Å². The number of aromatic hydroxyl groups is 1. The standard InChI is InChI=1S/C20H20BrNO7/c1-27-16-8-3-12(11-15(16)23)19(17(28-2)9-10-18(24)25)29-20(26)22-14-6-4-13(21)5-7-14/h3-11,17,19,23H,1-2H3,(H,22,26)(H,24,25)/b10-9+/t17-,19-/m1/s1. The number of nitrogens with one attached hydrogen (secondary N) is 1. The molecule has 0 radical (unpaired) electrons. The molecule has 8 nitrogen and oxygen atoms in total. The van der Waals surface area contributed by atoms with Crippen molar-refractivity contribution in [3.05, 3.63) is 64.7 Å². The fourth-order valence-electron chi connectivity index (χ4n) is 2.48. The lowest BCUT2D eigenvalue weighted by Gasteiger charge is -2.24. The van der Waals surface area contributed by atoms with E-state index in [2.05, 4.69) is 21.2 Å². The molecular formula is C20H20BrNO7. The number of methoxy groups -OCH3 is 2. The number of amides is 1. The van der Waals surface area contributed by atoms with Gasteiger partial charge in [0.1, 0.15) is 6.10 Å². The van der Waals surface area contributed by atoms with Gasteiger partial charge in [0, 0.05) is 23.3 Å². The molecule has 0 bridgehead atoms. The number of benzene rings is 2. The van der Waals surface area contributed by atoms with Crippen LogP contribution in [0, 0.1) is 0 Å². The van der Waals surface area contributed by atoms with Crippen LogP contribution in [0.2, 0.25) is 0 Å². The van der Waals surface area contributed by atoms with E-state index in [0.29, 0.717) is 11.3 Å². The van der Waals surface area contributed by atoms with Gasteiger partial charge in [0.05, 0.1) is 7.11 Å². The second-order valence-electron chi connectivity index (χ2n) is 5.79. The van der Waals surface area contributed by atoms with Crippen molar-refractivity contribution >= 4 is 33.7 Å². The molecule has 2 rings (SSSR count). The summed E-state index contributed by atoms with van der Waals surface area (Å²) >= 11 is 3.31. The summed E-state index contributed by atoms with van der Waals surface area (Å²) in [6, 6.07) is 11.3. The molecule has 0 heterocycles. The van der Waals surface area contributed by atoms with Crippen LogP contribution in [0.15, 0.2) is 59.1 Å². The van der Waals surface area contributed by atoms with Crippen molar-refractivity contribution in [3.63, 3.8) is 0 Å². The van der Waals surface area contributed by atoms with Gasteiger partial charge in [0.15, 0.2) is 17.6 Å². The minimum atomic E-state index is -1.18. The fourth-order valence-corrected chi connectivity index (χ4v) is 2.75. The summed E-state index contributed by atoms with van der Waals surface area (Å²) in [7, 11) is 2.76. The van der Waals surface area contributed by atoms with E-state index in [0.717, 1.165) is 10.5 Å². The molecule has 154 valence electrons. The first-order chi connectivity index (χ1) is 13.8. The number of ether oxygens (including phenoxy) is 3. The first-order valence-electron chi connectivity index (χ1n) is 8.38. The Kier molecular flexibility index (Phi) is 8.05. The van der Waals surface area contributed by atoms with E-state index in [1.165, 1.54) is 32.4 Å². The number of aliphatic carboxylic acids is 1. The lowest BCUT2D eigenvalue weighted by Crippen LogP contribution is -2.27. The second-order valence-corrected chi connectivity index (χ2v) is 6.70. The Morgan fingerprint density at radius 3 is 2.38 bits per heavy atom. The molecule has 1 amide bonds. The van der Waals surface area contributed by atoms with Crippen molar-refractivity contribution in [1.82, 2.24) is 0 Å². The number of hydrogen-bond donors (Lipinski definition) is 3. The normalized spacial score (nSPS) is 12.9. The van der Waals surface area contributed by atoms with Gasteiger partial charge in [0.2, 0.25) is 0 Å². The summed E-state index contributed by atoms with van der Waals surface area (Å²) in [5, 5.41) is 21.6. The summed E-state index contributed by atoms with van der Waals surface area (Å²) in [4.78, 5) is 23.3. The third kappa shape index (κ3) is 6.51. The van der Waals surface area contributed by atoms with Crippen LogP contribution >= 0.6 is 15.9 Å². The van der Waals surface area contributed by atoms with Gasteiger partial charge in [-0.25, -0.2) is 9.59 Å². The summed E-state index contributed by atoms with van der Waals surface area (Å²) < 4.78 is 16.7. The van der Waals surface area contributed by atoms with Crippen molar-refractivity contribution < 1.29 is 34.0 Å². The molecule has 2 atom stereocenters. The summed E-state index contributed by atoms with van der Waals surface area (Å²) in [6.45, 7) is 0. The molecule has 2 aromatic rings. The first kappa shape index (κ1) is 22.3. The molecule has 0 aliphatic carbocycles. The maximum Gasteiger partial charge on any atom is 0.412 e. The Morgan fingerprint density at radius 1 is 1.14 bits per heavy atom. The van der Waals surface area contributed by atoms with Crippen LogP contribution < -0.4 is 10.1 Å². The van der Waals surface area contributed by atoms with Crippen molar-refractivity contribution in [2.45, 2.75) is 12.2 Å². The van der Waals surface area contributed by atoms with Crippen molar-refractivity contribution in [1.29, 1.82) is 0 Å². The van der Waals surface area contributed by atoms with E-state index < -0.39 is 24.3 Å². The third-order valence-corrected chi connectivity index (χ3v) is 4.38. The number of anilines is 1. The number of carbonyl (C=O) groups is 2. The average molecular weight is 466 g/mol. The zero-order valence-corrected chi connectivity index (χ0v) is 17.3. The van der Waals surface area contributed by atoms with Crippen molar-refractivity contribution in [3.8, 4) is 11.5 Å². The predicted molar refractivity (Wildman–Crippen MR) is 109 cm³/mol. The van der Waals surface area contributed by atoms with Gasteiger partial charge < -0.3 is 24.4 Å². The number of halogens is 1. The molecule has 0 spiro atoms. The molecule has 0 saturated heterocycles. The quantitative estimate of drug-likeness (QED) is 0.502. The van der Waals surface area contributed by atoms with Crippen LogP contribution in [0.5, 0.6) is 11.5 Å². The Balaban J connectivity index is 2.29. The molecule has 29 heavy (non-hydrogen) atoms. The number of phenolic OH excluding ortho intramolecular Hbond substituents is 1. The van der Waals surface area contributed by atoms with Crippen molar-refractivity contribution in [2.24, 2.45) is 0 Å². The van der Waals surface area contributed by atoms with Crippen LogP contribution in [0.25, 0.3) is 0 Å². The number of phenols is 1. The largest absolute Gasteiger partial charge is 0.504 e. The van der Waals surface area contributed by atoms with Gasteiger partial charge in [-0.15, -0.1) is 0 Å². The molecular weight excluding hydrogens is 446 g/mol. The van der Waals surface area contributed by atoms with E-state index >= 15 is 0 Å². The van der Waals surface area contributed by atoms with E-state index in [4.69, 9.17) is 19.3 Å². The zero-order valence-electron chi connectivity index (χ0n) is 15.7. The molecule has 3 N–H and O–H groups in total. The van der Waals surface area contributed by atoms with Crippen LogP contribution in [-0.2, 0) is 14.3 Å². The number of carbonyl (C=O) groups excluding carboxylic acids is 1. The average Bonchev–Trinajstić information content (AvgIpc) is 2.69. The molecule has 0 aliphatic heterocycles. The number of carboxylic acids is 1. The topological polar surface area (TPSA) is 114 Å². The highest BCUT2D eigenvalue weighted by Crippen LogP contribution is 2.33. The minimum absolute atomic E-state index is 0.163. The molecule has 0 aliphatic rings. The monoisotopic (exact) mass is 465 g/mol. The first-order valence-corrected chi connectivity index (χ1v) is 9.17. The van der Waals surface area contributed by atoms with Crippen LogP contribution in [0.1, 0.15) is 11.7 Å². The van der Waals surface area contributed by atoms with E-state index in [1.54, 1.807) is 30.3 Å². The van der Waals surface area contributed by atoms with Gasteiger partial charge in [-0.2, -0.15) is 0 Å². The van der Waals surface area contributed by atoms with E-state index in [9.17, 15) is 14.7 Å². The highest BCUT2D eigenvalue weighted by Gasteiger charge is 2.27. The Morgan fingerprint density at radius 2 is 1.83 bits per heavy atom. The second kappa shape index (κ2) is 10.5. The van der Waals surface area contributed by atoms with Gasteiger partial charge in [0.25, 0.3) is 0 Å². The van der Waals surface area contributed by atoms with Crippen LogP contribution in [0.3, 0.4) is 0 Å². The Bertz CT molecular complexity index is 883. The van der Waals surface area contributed by atoms with Gasteiger partial charge >= 0.3 is 12.1 Å².